The van der Waals surface area contributed by atoms with Crippen molar-refractivity contribution in [3.8, 4) is 6.07 Å². The maximum absolute atomic E-state index is 12.5. The lowest BCUT2D eigenvalue weighted by atomic mass is 9.74. The number of hydrogen-bond acceptors (Lipinski definition) is 2. The van der Waals surface area contributed by atoms with E-state index in [0.717, 1.165) is 38.8 Å². The largest absolute Gasteiger partial charge is 0.341 e. The Morgan fingerprint density at radius 1 is 1.35 bits per heavy atom. The van der Waals surface area contributed by atoms with E-state index in [9.17, 15) is 10.1 Å². The molecular weight excluding hydrogens is 212 g/mol. The van der Waals surface area contributed by atoms with Crippen LogP contribution < -0.4 is 0 Å². The van der Waals surface area contributed by atoms with Gasteiger partial charge < -0.3 is 4.90 Å². The van der Waals surface area contributed by atoms with Crippen molar-refractivity contribution in [1.82, 2.24) is 4.90 Å². The lowest BCUT2D eigenvalue weighted by molar-refractivity contribution is -0.140. The molecule has 2 aliphatic carbocycles. The van der Waals surface area contributed by atoms with Gasteiger partial charge in [0.25, 0.3) is 0 Å². The van der Waals surface area contributed by atoms with Crippen molar-refractivity contribution in [2.75, 3.05) is 13.1 Å². The van der Waals surface area contributed by atoms with E-state index in [1.807, 2.05) is 11.8 Å². The molecule has 2 aliphatic rings. The first-order chi connectivity index (χ1) is 8.22. The number of carbonyl (C=O) groups excluding carboxylic acids is 1. The van der Waals surface area contributed by atoms with Crippen LogP contribution in [0.5, 0.6) is 0 Å². The van der Waals surface area contributed by atoms with Crippen molar-refractivity contribution >= 4 is 5.91 Å². The van der Waals surface area contributed by atoms with Gasteiger partial charge in [0.2, 0.25) is 5.91 Å². The minimum absolute atomic E-state index is 0.106. The average Bonchev–Trinajstić information content (AvgIpc) is 3.20. The van der Waals surface area contributed by atoms with E-state index >= 15 is 0 Å². The Kier molecular flexibility index (Phi) is 3.71. The fraction of sp³-hybridized carbons (Fsp3) is 0.857. The topological polar surface area (TPSA) is 44.1 Å². The van der Waals surface area contributed by atoms with Crippen molar-refractivity contribution in [2.45, 2.75) is 51.9 Å². The maximum Gasteiger partial charge on any atom is 0.243 e. The van der Waals surface area contributed by atoms with Crippen LogP contribution in [0.1, 0.15) is 51.9 Å². The van der Waals surface area contributed by atoms with Crippen LogP contribution >= 0.6 is 0 Å². The van der Waals surface area contributed by atoms with Gasteiger partial charge in [0.1, 0.15) is 5.41 Å². The van der Waals surface area contributed by atoms with Gasteiger partial charge in [0.05, 0.1) is 6.07 Å². The monoisotopic (exact) mass is 234 g/mol. The molecule has 0 aromatic carbocycles. The van der Waals surface area contributed by atoms with Gasteiger partial charge in [0.15, 0.2) is 0 Å². The SMILES string of the molecule is CCN(CC1CC1)C(=O)C1(C#N)CCCCC1. The van der Waals surface area contributed by atoms with Crippen molar-refractivity contribution < 1.29 is 4.79 Å². The van der Waals surface area contributed by atoms with Crippen molar-refractivity contribution in [2.24, 2.45) is 11.3 Å². The highest BCUT2D eigenvalue weighted by Crippen LogP contribution is 2.38. The molecule has 3 heteroatoms. The van der Waals surface area contributed by atoms with Gasteiger partial charge in [-0.15, -0.1) is 0 Å². The van der Waals surface area contributed by atoms with Crippen molar-refractivity contribution in [1.29, 1.82) is 5.26 Å². The summed E-state index contributed by atoms with van der Waals surface area (Å²) >= 11 is 0. The van der Waals surface area contributed by atoms with Gasteiger partial charge in [-0.1, -0.05) is 19.3 Å². The number of nitrogens with zero attached hydrogens (tertiary/aromatic N) is 2. The molecule has 17 heavy (non-hydrogen) atoms. The second-order valence-corrected chi connectivity index (χ2v) is 5.54. The Hall–Kier alpha value is -1.04. The summed E-state index contributed by atoms with van der Waals surface area (Å²) in [5.74, 6) is 0.812. The number of carbonyl (C=O) groups is 1. The van der Waals surface area contributed by atoms with E-state index in [2.05, 4.69) is 6.07 Å². The Balaban J connectivity index is 2.06. The van der Waals surface area contributed by atoms with Crippen molar-refractivity contribution in [3.63, 3.8) is 0 Å². The summed E-state index contributed by atoms with van der Waals surface area (Å²) < 4.78 is 0. The Morgan fingerprint density at radius 2 is 2.00 bits per heavy atom. The zero-order valence-electron chi connectivity index (χ0n) is 10.7. The average molecular weight is 234 g/mol. The van der Waals surface area contributed by atoms with Gasteiger partial charge in [-0.05, 0) is 38.5 Å². The minimum atomic E-state index is -0.691. The molecule has 2 fully saturated rings. The molecule has 1 amide bonds. The van der Waals surface area contributed by atoms with Crippen LogP contribution in [-0.2, 0) is 4.79 Å². The fourth-order valence-electron chi connectivity index (χ4n) is 2.80. The van der Waals surface area contributed by atoms with Crippen LogP contribution in [0, 0.1) is 22.7 Å². The summed E-state index contributed by atoms with van der Waals surface area (Å²) in [6, 6.07) is 2.33. The Labute approximate surface area is 104 Å². The zero-order valence-corrected chi connectivity index (χ0v) is 10.7. The van der Waals surface area contributed by atoms with Gasteiger partial charge in [0, 0.05) is 13.1 Å². The molecule has 0 spiro atoms. The Bertz CT molecular complexity index is 322. The summed E-state index contributed by atoms with van der Waals surface area (Å²) in [6.07, 6.45) is 7.27. The predicted octanol–water partition coefficient (Wildman–Crippen LogP) is 2.72. The van der Waals surface area contributed by atoms with E-state index in [4.69, 9.17) is 0 Å². The molecule has 0 radical (unpaired) electrons. The second-order valence-electron chi connectivity index (χ2n) is 5.54. The summed E-state index contributed by atoms with van der Waals surface area (Å²) in [4.78, 5) is 14.5. The Morgan fingerprint density at radius 3 is 2.47 bits per heavy atom. The van der Waals surface area contributed by atoms with E-state index < -0.39 is 5.41 Å². The molecule has 94 valence electrons. The number of nitriles is 1. The third-order valence-electron chi connectivity index (χ3n) is 4.17. The predicted molar refractivity (Wildman–Crippen MR) is 66.1 cm³/mol. The number of amides is 1. The molecule has 0 heterocycles. The first kappa shape index (κ1) is 12.4. The first-order valence-corrected chi connectivity index (χ1v) is 6.92. The molecule has 0 atom stereocenters. The van der Waals surface area contributed by atoms with Crippen LogP contribution in [0.4, 0.5) is 0 Å². The highest BCUT2D eigenvalue weighted by Gasteiger charge is 2.43. The lowest BCUT2D eigenvalue weighted by Crippen LogP contribution is -2.45. The van der Waals surface area contributed by atoms with E-state index in [1.165, 1.54) is 19.3 Å². The second kappa shape index (κ2) is 5.08. The summed E-state index contributed by atoms with van der Waals surface area (Å²) in [7, 11) is 0. The molecule has 3 nitrogen and oxygen atoms in total. The molecule has 0 aromatic rings. The molecule has 2 saturated carbocycles. The maximum atomic E-state index is 12.5. The molecule has 0 unspecified atom stereocenters. The van der Waals surface area contributed by atoms with Crippen LogP contribution in [-0.4, -0.2) is 23.9 Å². The highest BCUT2D eigenvalue weighted by atomic mass is 16.2. The quantitative estimate of drug-likeness (QED) is 0.750. The number of rotatable bonds is 4. The fourth-order valence-corrected chi connectivity index (χ4v) is 2.80. The molecule has 0 N–H and O–H groups in total. The van der Waals surface area contributed by atoms with Crippen LogP contribution in [0.25, 0.3) is 0 Å². The summed E-state index contributed by atoms with van der Waals surface area (Å²) in [5.41, 5.74) is -0.691. The summed E-state index contributed by atoms with van der Waals surface area (Å²) in [5, 5.41) is 9.41. The van der Waals surface area contributed by atoms with E-state index in [0.29, 0.717) is 5.92 Å². The normalized spacial score (nSPS) is 22.8. The first-order valence-electron chi connectivity index (χ1n) is 6.92. The third kappa shape index (κ3) is 2.62. The molecular formula is C14H22N2O. The zero-order chi connectivity index (χ0) is 12.3. The third-order valence-corrected chi connectivity index (χ3v) is 4.17. The van der Waals surface area contributed by atoms with E-state index in [-0.39, 0.29) is 5.91 Å². The molecule has 0 saturated heterocycles. The van der Waals surface area contributed by atoms with Crippen LogP contribution in [0.3, 0.4) is 0 Å². The van der Waals surface area contributed by atoms with Gasteiger partial charge in [-0.3, -0.25) is 4.79 Å². The smallest absolute Gasteiger partial charge is 0.243 e. The molecule has 0 bridgehead atoms. The van der Waals surface area contributed by atoms with Gasteiger partial charge in [-0.25, -0.2) is 0 Å². The van der Waals surface area contributed by atoms with E-state index in [1.54, 1.807) is 0 Å². The minimum Gasteiger partial charge on any atom is -0.341 e. The standard InChI is InChI=1S/C14H22N2O/c1-2-16(10-12-6-7-12)13(17)14(11-15)8-4-3-5-9-14/h12H,2-10H2,1H3. The highest BCUT2D eigenvalue weighted by molar-refractivity contribution is 5.85. The molecule has 0 aliphatic heterocycles. The summed E-state index contributed by atoms with van der Waals surface area (Å²) in [6.45, 7) is 3.64. The number of hydrogen-bond donors (Lipinski definition) is 0. The van der Waals surface area contributed by atoms with Crippen LogP contribution in [0.15, 0.2) is 0 Å². The lowest BCUT2D eigenvalue weighted by Gasteiger charge is -2.34. The molecule has 0 aromatic heterocycles. The van der Waals surface area contributed by atoms with Gasteiger partial charge in [-0.2, -0.15) is 5.26 Å². The molecule has 2 rings (SSSR count). The van der Waals surface area contributed by atoms with Crippen molar-refractivity contribution in [3.05, 3.63) is 0 Å². The van der Waals surface area contributed by atoms with Gasteiger partial charge >= 0.3 is 0 Å². The van der Waals surface area contributed by atoms with Crippen LogP contribution in [0.2, 0.25) is 0 Å².